The smallest absolute Gasteiger partial charge is 0.310 e. The van der Waals surface area contributed by atoms with Crippen molar-refractivity contribution in [2.45, 2.75) is 65.4 Å². The Labute approximate surface area is 105 Å². The SMILES string of the molecule is CC(C)(C)OC(=O)[C@H]1C[C@]1(C)CCCCCO. The minimum atomic E-state index is -0.378. The fourth-order valence-corrected chi connectivity index (χ4v) is 2.24. The Morgan fingerprint density at radius 2 is 2.00 bits per heavy atom. The lowest BCUT2D eigenvalue weighted by molar-refractivity contribution is -0.157. The first-order chi connectivity index (χ1) is 7.78. The summed E-state index contributed by atoms with van der Waals surface area (Å²) < 4.78 is 5.41. The molecule has 1 saturated carbocycles. The second-order valence-electron chi connectivity index (χ2n) is 6.48. The highest BCUT2D eigenvalue weighted by Gasteiger charge is 2.55. The molecule has 3 heteroatoms. The molecule has 2 atom stereocenters. The molecule has 1 aliphatic carbocycles. The van der Waals surface area contributed by atoms with Crippen LogP contribution in [0, 0.1) is 11.3 Å². The van der Waals surface area contributed by atoms with Gasteiger partial charge in [0.05, 0.1) is 5.92 Å². The normalized spacial score (nSPS) is 27.9. The largest absolute Gasteiger partial charge is 0.460 e. The molecule has 0 unspecified atom stereocenters. The summed E-state index contributed by atoms with van der Waals surface area (Å²) >= 11 is 0. The molecule has 3 nitrogen and oxygen atoms in total. The number of carbonyl (C=O) groups excluding carboxylic acids is 1. The van der Waals surface area contributed by atoms with Gasteiger partial charge in [-0.05, 0) is 45.4 Å². The van der Waals surface area contributed by atoms with E-state index in [2.05, 4.69) is 6.92 Å². The quantitative estimate of drug-likeness (QED) is 0.575. The van der Waals surface area contributed by atoms with Crippen LogP contribution in [0.3, 0.4) is 0 Å². The number of rotatable bonds is 6. The number of hydrogen-bond donors (Lipinski definition) is 1. The van der Waals surface area contributed by atoms with Gasteiger partial charge in [0.25, 0.3) is 0 Å². The molecular weight excluding hydrogens is 216 g/mol. The minimum Gasteiger partial charge on any atom is -0.460 e. The van der Waals surface area contributed by atoms with Crippen molar-refractivity contribution in [3.63, 3.8) is 0 Å². The molecule has 1 fully saturated rings. The Morgan fingerprint density at radius 3 is 2.53 bits per heavy atom. The summed E-state index contributed by atoms with van der Waals surface area (Å²) in [5.74, 6) is 0.0537. The van der Waals surface area contributed by atoms with Gasteiger partial charge in [-0.1, -0.05) is 19.8 Å². The molecule has 0 aliphatic heterocycles. The predicted octanol–water partition coefficient (Wildman–Crippen LogP) is 2.91. The van der Waals surface area contributed by atoms with Crippen LogP contribution in [0.15, 0.2) is 0 Å². The van der Waals surface area contributed by atoms with Gasteiger partial charge in [0, 0.05) is 6.61 Å². The van der Waals surface area contributed by atoms with Gasteiger partial charge in [0.2, 0.25) is 0 Å². The average Bonchev–Trinajstić information content (AvgIpc) is 2.84. The van der Waals surface area contributed by atoms with Gasteiger partial charge in [-0.25, -0.2) is 0 Å². The van der Waals surface area contributed by atoms with Crippen molar-refractivity contribution in [2.75, 3.05) is 6.61 Å². The van der Waals surface area contributed by atoms with Crippen LogP contribution in [0.2, 0.25) is 0 Å². The monoisotopic (exact) mass is 242 g/mol. The third-order valence-corrected chi connectivity index (χ3v) is 3.45. The lowest BCUT2D eigenvalue weighted by Crippen LogP contribution is -2.26. The average molecular weight is 242 g/mol. The lowest BCUT2D eigenvalue weighted by Gasteiger charge is -2.20. The molecule has 1 N–H and O–H groups in total. The highest BCUT2D eigenvalue weighted by Crippen LogP contribution is 2.56. The molecule has 1 rings (SSSR count). The summed E-state index contributed by atoms with van der Waals surface area (Å²) in [6, 6.07) is 0. The van der Waals surface area contributed by atoms with Gasteiger partial charge in [-0.2, -0.15) is 0 Å². The Bertz CT molecular complexity index is 267. The Hall–Kier alpha value is -0.570. The van der Waals surface area contributed by atoms with Crippen LogP contribution in [0.4, 0.5) is 0 Å². The van der Waals surface area contributed by atoms with Crippen molar-refractivity contribution in [3.8, 4) is 0 Å². The van der Waals surface area contributed by atoms with E-state index in [9.17, 15) is 4.79 Å². The van der Waals surface area contributed by atoms with E-state index in [0.717, 1.165) is 32.1 Å². The molecule has 0 heterocycles. The Balaban J connectivity index is 2.28. The fraction of sp³-hybridized carbons (Fsp3) is 0.929. The van der Waals surface area contributed by atoms with E-state index < -0.39 is 0 Å². The summed E-state index contributed by atoms with van der Waals surface area (Å²) in [4.78, 5) is 11.9. The third-order valence-electron chi connectivity index (χ3n) is 3.45. The number of aliphatic hydroxyl groups is 1. The molecule has 0 radical (unpaired) electrons. The molecule has 0 spiro atoms. The van der Waals surface area contributed by atoms with Crippen molar-refractivity contribution in [2.24, 2.45) is 11.3 Å². The van der Waals surface area contributed by atoms with Gasteiger partial charge in [0.15, 0.2) is 0 Å². The Morgan fingerprint density at radius 1 is 1.35 bits per heavy atom. The van der Waals surface area contributed by atoms with Gasteiger partial charge < -0.3 is 9.84 Å². The van der Waals surface area contributed by atoms with E-state index in [0.29, 0.717) is 0 Å². The zero-order chi connectivity index (χ0) is 13.1. The van der Waals surface area contributed by atoms with Gasteiger partial charge in [-0.3, -0.25) is 4.79 Å². The van der Waals surface area contributed by atoms with Crippen LogP contribution in [-0.2, 0) is 9.53 Å². The summed E-state index contributed by atoms with van der Waals surface area (Å²) in [7, 11) is 0. The first kappa shape index (κ1) is 14.5. The minimum absolute atomic E-state index is 0.0397. The topological polar surface area (TPSA) is 46.5 Å². The van der Waals surface area contributed by atoms with Crippen molar-refractivity contribution < 1.29 is 14.6 Å². The van der Waals surface area contributed by atoms with Gasteiger partial charge in [-0.15, -0.1) is 0 Å². The van der Waals surface area contributed by atoms with Crippen LogP contribution in [-0.4, -0.2) is 23.3 Å². The molecule has 0 aromatic rings. The summed E-state index contributed by atoms with van der Waals surface area (Å²) in [6.45, 7) is 8.16. The maximum absolute atomic E-state index is 11.9. The maximum atomic E-state index is 11.9. The van der Waals surface area contributed by atoms with E-state index in [1.165, 1.54) is 0 Å². The number of hydrogen-bond acceptors (Lipinski definition) is 3. The Kier molecular flexibility index (Phi) is 4.59. The summed E-state index contributed by atoms with van der Waals surface area (Å²) in [5, 5.41) is 8.71. The van der Waals surface area contributed by atoms with Gasteiger partial charge in [0.1, 0.15) is 5.60 Å². The molecule has 100 valence electrons. The second-order valence-corrected chi connectivity index (χ2v) is 6.48. The van der Waals surface area contributed by atoms with E-state index in [4.69, 9.17) is 9.84 Å². The number of aliphatic hydroxyl groups excluding tert-OH is 1. The zero-order valence-electron chi connectivity index (χ0n) is 11.6. The highest BCUT2D eigenvalue weighted by molar-refractivity contribution is 5.77. The van der Waals surface area contributed by atoms with E-state index >= 15 is 0 Å². The van der Waals surface area contributed by atoms with E-state index in [1.807, 2.05) is 20.8 Å². The predicted molar refractivity (Wildman–Crippen MR) is 67.6 cm³/mol. The standard InChI is InChI=1S/C14H26O3/c1-13(2,3)17-12(16)11-10-14(11,4)8-6-5-7-9-15/h11,15H,5-10H2,1-4H3/t11-,14+/m1/s1. The van der Waals surface area contributed by atoms with E-state index in [1.54, 1.807) is 0 Å². The van der Waals surface area contributed by atoms with Crippen LogP contribution in [0.25, 0.3) is 0 Å². The van der Waals surface area contributed by atoms with Crippen LogP contribution in [0.1, 0.15) is 59.8 Å². The van der Waals surface area contributed by atoms with Crippen molar-refractivity contribution >= 4 is 5.97 Å². The number of ether oxygens (including phenoxy) is 1. The molecule has 0 aromatic carbocycles. The first-order valence-electron chi connectivity index (χ1n) is 6.62. The molecule has 0 saturated heterocycles. The molecule has 0 aromatic heterocycles. The first-order valence-corrected chi connectivity index (χ1v) is 6.62. The second kappa shape index (κ2) is 5.38. The zero-order valence-corrected chi connectivity index (χ0v) is 11.6. The molecule has 0 bridgehead atoms. The van der Waals surface area contributed by atoms with Crippen molar-refractivity contribution in [1.29, 1.82) is 0 Å². The molecule has 17 heavy (non-hydrogen) atoms. The summed E-state index contributed by atoms with van der Waals surface area (Å²) in [6.07, 6.45) is 5.04. The van der Waals surface area contributed by atoms with Crippen LogP contribution in [0.5, 0.6) is 0 Å². The molecule has 1 aliphatic rings. The summed E-state index contributed by atoms with van der Waals surface area (Å²) in [5.41, 5.74) is -0.227. The third kappa shape index (κ3) is 4.66. The molecule has 0 amide bonds. The van der Waals surface area contributed by atoms with E-state index in [-0.39, 0.29) is 29.5 Å². The van der Waals surface area contributed by atoms with Crippen LogP contribution >= 0.6 is 0 Å². The van der Waals surface area contributed by atoms with Crippen LogP contribution < -0.4 is 0 Å². The van der Waals surface area contributed by atoms with Crippen molar-refractivity contribution in [1.82, 2.24) is 0 Å². The number of carbonyl (C=O) groups is 1. The molecular formula is C14H26O3. The lowest BCUT2D eigenvalue weighted by atomic mass is 9.98. The van der Waals surface area contributed by atoms with Crippen molar-refractivity contribution in [3.05, 3.63) is 0 Å². The highest BCUT2D eigenvalue weighted by atomic mass is 16.6. The number of unbranched alkanes of at least 4 members (excludes halogenated alkanes) is 2. The number of esters is 1. The maximum Gasteiger partial charge on any atom is 0.310 e. The fourth-order valence-electron chi connectivity index (χ4n) is 2.24. The van der Waals surface area contributed by atoms with Gasteiger partial charge >= 0.3 is 5.97 Å².